The van der Waals surface area contributed by atoms with Crippen molar-refractivity contribution in [3.63, 3.8) is 0 Å². The first-order valence-corrected chi connectivity index (χ1v) is 7.66. The van der Waals surface area contributed by atoms with Crippen LogP contribution in [-0.4, -0.2) is 31.5 Å². The average Bonchev–Trinajstić information content (AvgIpc) is 3.03. The van der Waals surface area contributed by atoms with E-state index in [0.717, 1.165) is 11.6 Å². The summed E-state index contributed by atoms with van der Waals surface area (Å²) in [5.41, 5.74) is 1.57. The van der Waals surface area contributed by atoms with Gasteiger partial charge in [0.1, 0.15) is 24.6 Å². The number of aliphatic hydroxyl groups is 1. The lowest BCUT2D eigenvalue weighted by Crippen LogP contribution is -2.04. The van der Waals surface area contributed by atoms with Gasteiger partial charge in [0.25, 0.3) is 0 Å². The standard InChI is InChI=1S/C17H16F2N4O2/c1-2-25-17-15(12-4-13(18)6-14(19)5-12)3-11(7-20-17)8-23-10-21-16(9-24)22-23/h3-7,10,24H,2,8-9H2,1H3. The molecule has 0 spiro atoms. The molecule has 0 saturated carbocycles. The van der Waals surface area contributed by atoms with Gasteiger partial charge in [0, 0.05) is 17.8 Å². The largest absolute Gasteiger partial charge is 0.478 e. The van der Waals surface area contributed by atoms with E-state index in [9.17, 15) is 8.78 Å². The number of hydrogen-bond donors (Lipinski definition) is 1. The van der Waals surface area contributed by atoms with Crippen molar-refractivity contribution < 1.29 is 18.6 Å². The highest BCUT2D eigenvalue weighted by Crippen LogP contribution is 2.30. The second-order valence-electron chi connectivity index (χ2n) is 5.30. The highest BCUT2D eigenvalue weighted by Gasteiger charge is 2.12. The Kier molecular flexibility index (Phi) is 4.99. The third-order valence-corrected chi connectivity index (χ3v) is 3.43. The van der Waals surface area contributed by atoms with Crippen molar-refractivity contribution in [2.24, 2.45) is 0 Å². The minimum atomic E-state index is -0.674. The van der Waals surface area contributed by atoms with Crippen molar-refractivity contribution >= 4 is 0 Å². The molecular weight excluding hydrogens is 330 g/mol. The number of halogens is 2. The summed E-state index contributed by atoms with van der Waals surface area (Å²) in [6.07, 6.45) is 3.09. The normalized spacial score (nSPS) is 10.9. The maximum Gasteiger partial charge on any atom is 0.221 e. The summed E-state index contributed by atoms with van der Waals surface area (Å²) in [5.74, 6) is -0.740. The molecule has 3 rings (SSSR count). The molecule has 0 aliphatic carbocycles. The third-order valence-electron chi connectivity index (χ3n) is 3.43. The maximum absolute atomic E-state index is 13.6. The Morgan fingerprint density at radius 1 is 1.12 bits per heavy atom. The molecule has 0 aliphatic heterocycles. The number of nitrogens with zero attached hydrogens (tertiary/aromatic N) is 4. The van der Waals surface area contributed by atoms with E-state index in [0.29, 0.717) is 36.0 Å². The molecule has 0 fully saturated rings. The monoisotopic (exact) mass is 346 g/mol. The number of pyridine rings is 1. The van der Waals surface area contributed by atoms with Gasteiger partial charge in [-0.1, -0.05) is 0 Å². The first-order valence-electron chi connectivity index (χ1n) is 7.66. The van der Waals surface area contributed by atoms with Crippen LogP contribution >= 0.6 is 0 Å². The number of hydrogen-bond acceptors (Lipinski definition) is 5. The number of benzene rings is 1. The lowest BCUT2D eigenvalue weighted by Gasteiger charge is -2.12. The fourth-order valence-corrected chi connectivity index (χ4v) is 2.42. The fraction of sp³-hybridized carbons (Fsp3) is 0.235. The van der Waals surface area contributed by atoms with Gasteiger partial charge in [-0.15, -0.1) is 0 Å². The molecule has 8 heteroatoms. The highest BCUT2D eigenvalue weighted by molar-refractivity contribution is 5.69. The Morgan fingerprint density at radius 2 is 1.88 bits per heavy atom. The van der Waals surface area contributed by atoms with Crippen LogP contribution < -0.4 is 4.74 Å². The average molecular weight is 346 g/mol. The molecule has 0 atom stereocenters. The summed E-state index contributed by atoms with van der Waals surface area (Å²) >= 11 is 0. The summed E-state index contributed by atoms with van der Waals surface area (Å²) in [7, 11) is 0. The van der Waals surface area contributed by atoms with Crippen molar-refractivity contribution in [3.8, 4) is 17.0 Å². The molecule has 2 aromatic heterocycles. The zero-order valence-electron chi connectivity index (χ0n) is 13.5. The molecular formula is C17H16F2N4O2. The minimum absolute atomic E-state index is 0.248. The van der Waals surface area contributed by atoms with Crippen molar-refractivity contribution in [2.45, 2.75) is 20.1 Å². The van der Waals surface area contributed by atoms with Gasteiger partial charge in [-0.2, -0.15) is 5.10 Å². The van der Waals surface area contributed by atoms with Crippen molar-refractivity contribution in [1.29, 1.82) is 0 Å². The van der Waals surface area contributed by atoms with E-state index in [1.165, 1.54) is 18.5 Å². The van der Waals surface area contributed by atoms with Gasteiger partial charge in [0.15, 0.2) is 5.82 Å². The van der Waals surface area contributed by atoms with E-state index < -0.39 is 11.6 Å². The molecule has 1 aromatic carbocycles. The maximum atomic E-state index is 13.6. The zero-order chi connectivity index (χ0) is 17.8. The summed E-state index contributed by atoms with van der Waals surface area (Å²) in [4.78, 5) is 8.19. The van der Waals surface area contributed by atoms with E-state index in [-0.39, 0.29) is 6.61 Å². The Bertz CT molecular complexity index is 863. The molecule has 1 N–H and O–H groups in total. The molecule has 0 aliphatic rings. The summed E-state index contributed by atoms with van der Waals surface area (Å²) < 4.78 is 34.2. The Hall–Kier alpha value is -2.87. The minimum Gasteiger partial charge on any atom is -0.478 e. The summed E-state index contributed by atoms with van der Waals surface area (Å²) in [6, 6.07) is 5.01. The quantitative estimate of drug-likeness (QED) is 0.743. The molecule has 3 aromatic rings. The Balaban J connectivity index is 1.99. The van der Waals surface area contributed by atoms with Gasteiger partial charge in [-0.25, -0.2) is 23.4 Å². The second kappa shape index (κ2) is 7.35. The van der Waals surface area contributed by atoms with Gasteiger partial charge in [0.2, 0.25) is 5.88 Å². The van der Waals surface area contributed by atoms with Crippen LogP contribution in [0, 0.1) is 11.6 Å². The summed E-state index contributed by atoms with van der Waals surface area (Å²) in [6.45, 7) is 2.27. The first-order chi connectivity index (χ1) is 12.1. The van der Waals surface area contributed by atoms with Gasteiger partial charge in [0.05, 0.1) is 13.2 Å². The van der Waals surface area contributed by atoms with E-state index in [2.05, 4.69) is 15.1 Å². The second-order valence-corrected chi connectivity index (χ2v) is 5.30. The van der Waals surface area contributed by atoms with Crippen LogP contribution in [0.1, 0.15) is 18.3 Å². The third kappa shape index (κ3) is 3.97. The van der Waals surface area contributed by atoms with E-state index in [1.807, 2.05) is 0 Å². The number of aliphatic hydroxyl groups excluding tert-OH is 1. The zero-order valence-corrected chi connectivity index (χ0v) is 13.5. The molecule has 0 bridgehead atoms. The van der Waals surface area contributed by atoms with Crippen LogP contribution in [0.4, 0.5) is 8.78 Å². The van der Waals surface area contributed by atoms with Crippen LogP contribution in [0.3, 0.4) is 0 Å². The fourth-order valence-electron chi connectivity index (χ4n) is 2.42. The van der Waals surface area contributed by atoms with Crippen LogP contribution in [0.25, 0.3) is 11.1 Å². The van der Waals surface area contributed by atoms with Gasteiger partial charge in [-0.3, -0.25) is 0 Å². The number of ether oxygens (including phenoxy) is 1. The lowest BCUT2D eigenvalue weighted by atomic mass is 10.0. The van der Waals surface area contributed by atoms with Crippen LogP contribution in [0.15, 0.2) is 36.8 Å². The van der Waals surface area contributed by atoms with Crippen LogP contribution in [0.2, 0.25) is 0 Å². The van der Waals surface area contributed by atoms with Gasteiger partial charge < -0.3 is 9.84 Å². The van der Waals surface area contributed by atoms with Crippen molar-refractivity contribution in [1.82, 2.24) is 19.7 Å². The summed E-state index contributed by atoms with van der Waals surface area (Å²) in [5, 5.41) is 13.1. The lowest BCUT2D eigenvalue weighted by molar-refractivity contribution is 0.271. The predicted molar refractivity (Wildman–Crippen MR) is 85.8 cm³/mol. The molecule has 130 valence electrons. The molecule has 0 amide bonds. The van der Waals surface area contributed by atoms with E-state index in [1.54, 1.807) is 23.9 Å². The van der Waals surface area contributed by atoms with Crippen LogP contribution in [-0.2, 0) is 13.2 Å². The molecule has 25 heavy (non-hydrogen) atoms. The molecule has 0 unspecified atom stereocenters. The van der Waals surface area contributed by atoms with Gasteiger partial charge >= 0.3 is 0 Å². The molecule has 2 heterocycles. The predicted octanol–water partition coefficient (Wildman–Crippen LogP) is 2.56. The topological polar surface area (TPSA) is 73.1 Å². The van der Waals surface area contributed by atoms with Gasteiger partial charge in [-0.05, 0) is 36.2 Å². The molecule has 0 saturated heterocycles. The van der Waals surface area contributed by atoms with Crippen LogP contribution in [0.5, 0.6) is 5.88 Å². The number of aromatic nitrogens is 4. The van der Waals surface area contributed by atoms with E-state index in [4.69, 9.17) is 9.84 Å². The number of rotatable bonds is 6. The molecule has 0 radical (unpaired) electrons. The Morgan fingerprint density at radius 3 is 2.52 bits per heavy atom. The highest BCUT2D eigenvalue weighted by atomic mass is 19.1. The first kappa shape index (κ1) is 17.0. The Labute approximate surface area is 142 Å². The SMILES string of the molecule is CCOc1ncc(Cn2cnc(CO)n2)cc1-c1cc(F)cc(F)c1. The van der Waals surface area contributed by atoms with Crippen molar-refractivity contribution in [2.75, 3.05) is 6.61 Å². The molecule has 6 nitrogen and oxygen atoms in total. The van der Waals surface area contributed by atoms with Crippen molar-refractivity contribution in [3.05, 3.63) is 59.8 Å². The van der Waals surface area contributed by atoms with E-state index >= 15 is 0 Å². The smallest absolute Gasteiger partial charge is 0.221 e.